The van der Waals surface area contributed by atoms with Crippen molar-refractivity contribution in [2.75, 3.05) is 12.0 Å². The predicted octanol–water partition coefficient (Wildman–Crippen LogP) is -0.335. The Hall–Kier alpha value is -1.50. The third-order valence-electron chi connectivity index (χ3n) is 1.50. The van der Waals surface area contributed by atoms with Gasteiger partial charge >= 0.3 is 0 Å². The quantitative estimate of drug-likeness (QED) is 0.677. The van der Waals surface area contributed by atoms with Gasteiger partial charge in [-0.1, -0.05) is 0 Å². The van der Waals surface area contributed by atoms with Gasteiger partial charge in [0.05, 0.1) is 6.20 Å². The van der Waals surface area contributed by atoms with Gasteiger partial charge in [-0.05, 0) is 0 Å². The number of rotatable bonds is 2. The molecule has 0 aliphatic rings. The molecule has 1 heterocycles. The zero-order valence-electron chi connectivity index (χ0n) is 7.68. The van der Waals surface area contributed by atoms with E-state index >= 15 is 0 Å². The lowest BCUT2D eigenvalue weighted by Crippen LogP contribution is -2.10. The molecular formula is C7H9N3O3S. The Kier molecular flexibility index (Phi) is 2.52. The zero-order valence-corrected chi connectivity index (χ0v) is 8.50. The van der Waals surface area contributed by atoms with E-state index in [2.05, 4.69) is 9.97 Å². The van der Waals surface area contributed by atoms with Crippen molar-refractivity contribution in [2.45, 2.75) is 11.8 Å². The number of carbonyl (C=O) groups excluding carboxylic acids is 1. The molecule has 7 heteroatoms. The van der Waals surface area contributed by atoms with Crippen LogP contribution in [-0.4, -0.2) is 30.4 Å². The van der Waals surface area contributed by atoms with Crippen LogP contribution in [0.25, 0.3) is 0 Å². The highest BCUT2D eigenvalue weighted by Gasteiger charge is 2.15. The number of nitrogens with zero attached hydrogens (tertiary/aromatic N) is 2. The SMILES string of the molecule is CC(=O)c1ncc(S(C)(=O)=O)c(N)n1. The Morgan fingerprint density at radius 1 is 1.50 bits per heavy atom. The Morgan fingerprint density at radius 2 is 2.07 bits per heavy atom. The van der Waals surface area contributed by atoms with Crippen LogP contribution >= 0.6 is 0 Å². The summed E-state index contributed by atoms with van der Waals surface area (Å²) < 4.78 is 22.2. The van der Waals surface area contributed by atoms with Crippen LogP contribution in [0.15, 0.2) is 11.1 Å². The molecule has 1 aromatic rings. The largest absolute Gasteiger partial charge is 0.382 e. The average Bonchev–Trinajstić information content (AvgIpc) is 2.01. The molecular weight excluding hydrogens is 206 g/mol. The van der Waals surface area contributed by atoms with Crippen LogP contribution in [0.1, 0.15) is 17.5 Å². The Morgan fingerprint density at radius 3 is 2.43 bits per heavy atom. The van der Waals surface area contributed by atoms with Crippen molar-refractivity contribution in [3.05, 3.63) is 12.0 Å². The van der Waals surface area contributed by atoms with E-state index in [0.717, 1.165) is 12.5 Å². The van der Waals surface area contributed by atoms with Gasteiger partial charge in [0.25, 0.3) is 0 Å². The summed E-state index contributed by atoms with van der Waals surface area (Å²) in [4.78, 5) is 17.8. The molecule has 0 spiro atoms. The molecule has 14 heavy (non-hydrogen) atoms. The fourth-order valence-corrected chi connectivity index (χ4v) is 1.51. The van der Waals surface area contributed by atoms with Gasteiger partial charge in [-0.3, -0.25) is 4.79 Å². The summed E-state index contributed by atoms with van der Waals surface area (Å²) >= 11 is 0. The lowest BCUT2D eigenvalue weighted by molar-refractivity contribution is 0.100. The van der Waals surface area contributed by atoms with Crippen LogP contribution in [0, 0.1) is 0 Å². The van der Waals surface area contributed by atoms with Crippen molar-refractivity contribution in [3.63, 3.8) is 0 Å². The van der Waals surface area contributed by atoms with Crippen molar-refractivity contribution in [3.8, 4) is 0 Å². The minimum absolute atomic E-state index is 0.0881. The van der Waals surface area contributed by atoms with Gasteiger partial charge in [-0.15, -0.1) is 0 Å². The third-order valence-corrected chi connectivity index (χ3v) is 2.61. The van der Waals surface area contributed by atoms with Crippen LogP contribution in [0.2, 0.25) is 0 Å². The number of Topliss-reactive ketones (excluding diaryl/α,β-unsaturated/α-hetero) is 1. The number of ketones is 1. The standard InChI is InChI=1S/C7H9N3O3S/c1-4(11)7-9-3-5(6(8)10-7)14(2,12)13/h3H,1-2H3,(H2,8,9,10). The molecule has 0 radical (unpaired) electrons. The van der Waals surface area contributed by atoms with E-state index in [4.69, 9.17) is 5.73 Å². The third kappa shape index (κ3) is 2.05. The molecule has 6 nitrogen and oxygen atoms in total. The van der Waals surface area contributed by atoms with Crippen LogP contribution in [0.4, 0.5) is 5.82 Å². The molecule has 0 aliphatic heterocycles. The van der Waals surface area contributed by atoms with Crippen molar-refractivity contribution >= 4 is 21.4 Å². The lowest BCUT2D eigenvalue weighted by Gasteiger charge is -2.02. The normalized spacial score (nSPS) is 11.3. The molecule has 76 valence electrons. The van der Waals surface area contributed by atoms with Crippen LogP contribution < -0.4 is 5.73 Å². The number of anilines is 1. The van der Waals surface area contributed by atoms with Gasteiger partial charge in [-0.2, -0.15) is 0 Å². The Bertz CT molecular complexity index is 481. The first kappa shape index (κ1) is 10.6. The summed E-state index contributed by atoms with van der Waals surface area (Å²) in [6, 6.07) is 0. The molecule has 0 unspecified atom stereocenters. The van der Waals surface area contributed by atoms with Gasteiger partial charge < -0.3 is 5.73 Å². The number of nitrogen functional groups attached to an aromatic ring is 1. The first-order chi connectivity index (χ1) is 6.32. The van der Waals surface area contributed by atoms with Gasteiger partial charge in [0, 0.05) is 13.2 Å². The number of carbonyl (C=O) groups is 1. The summed E-state index contributed by atoms with van der Waals surface area (Å²) in [6.45, 7) is 1.27. The summed E-state index contributed by atoms with van der Waals surface area (Å²) in [6.07, 6.45) is 2.03. The summed E-state index contributed by atoms with van der Waals surface area (Å²) in [5, 5.41) is 0. The molecule has 0 aliphatic carbocycles. The maximum absolute atomic E-state index is 11.1. The van der Waals surface area contributed by atoms with Gasteiger partial charge in [0.15, 0.2) is 21.4 Å². The molecule has 0 atom stereocenters. The van der Waals surface area contributed by atoms with Gasteiger partial charge in [0.1, 0.15) is 10.7 Å². The predicted molar refractivity (Wildman–Crippen MR) is 49.6 cm³/mol. The summed E-state index contributed by atoms with van der Waals surface area (Å²) in [5.74, 6) is -0.653. The van der Waals surface area contributed by atoms with Crippen LogP contribution in [-0.2, 0) is 9.84 Å². The second-order valence-corrected chi connectivity index (χ2v) is 4.76. The number of hydrogen-bond acceptors (Lipinski definition) is 6. The molecule has 0 amide bonds. The molecule has 0 saturated heterocycles. The topological polar surface area (TPSA) is 103 Å². The first-order valence-electron chi connectivity index (χ1n) is 3.66. The van der Waals surface area contributed by atoms with Crippen molar-refractivity contribution in [2.24, 2.45) is 0 Å². The second kappa shape index (κ2) is 3.33. The van der Waals surface area contributed by atoms with Crippen molar-refractivity contribution < 1.29 is 13.2 Å². The molecule has 1 rings (SSSR count). The number of hydrogen-bond donors (Lipinski definition) is 1. The average molecular weight is 215 g/mol. The minimum atomic E-state index is -3.44. The molecule has 2 N–H and O–H groups in total. The highest BCUT2D eigenvalue weighted by molar-refractivity contribution is 7.90. The molecule has 0 bridgehead atoms. The molecule has 0 saturated carbocycles. The lowest BCUT2D eigenvalue weighted by atomic mass is 10.4. The second-order valence-electron chi connectivity index (χ2n) is 2.77. The van der Waals surface area contributed by atoms with Crippen molar-refractivity contribution in [1.29, 1.82) is 0 Å². The first-order valence-corrected chi connectivity index (χ1v) is 5.55. The smallest absolute Gasteiger partial charge is 0.197 e. The van der Waals surface area contributed by atoms with Crippen molar-refractivity contribution in [1.82, 2.24) is 9.97 Å². The van der Waals surface area contributed by atoms with E-state index in [9.17, 15) is 13.2 Å². The minimum Gasteiger partial charge on any atom is -0.382 e. The zero-order chi connectivity index (χ0) is 10.9. The fraction of sp³-hybridized carbons (Fsp3) is 0.286. The molecule has 0 aromatic carbocycles. The number of nitrogens with two attached hydrogens (primary N) is 1. The fourth-order valence-electron chi connectivity index (χ4n) is 0.839. The van der Waals surface area contributed by atoms with E-state index in [1.807, 2.05) is 0 Å². The summed E-state index contributed by atoms with van der Waals surface area (Å²) in [7, 11) is -3.44. The number of sulfone groups is 1. The Balaban J connectivity index is 3.35. The van der Waals surface area contributed by atoms with Crippen LogP contribution in [0.5, 0.6) is 0 Å². The highest BCUT2D eigenvalue weighted by Crippen LogP contribution is 2.13. The highest BCUT2D eigenvalue weighted by atomic mass is 32.2. The van der Waals surface area contributed by atoms with Gasteiger partial charge in [-0.25, -0.2) is 18.4 Å². The molecule has 0 fully saturated rings. The van der Waals surface area contributed by atoms with E-state index in [1.54, 1.807) is 0 Å². The summed E-state index contributed by atoms with van der Waals surface area (Å²) in [5.41, 5.74) is 5.36. The van der Waals surface area contributed by atoms with Gasteiger partial charge in [0.2, 0.25) is 0 Å². The monoisotopic (exact) mass is 215 g/mol. The molecule has 1 aromatic heterocycles. The van der Waals surface area contributed by atoms with E-state index in [0.29, 0.717) is 0 Å². The maximum atomic E-state index is 11.1. The number of aromatic nitrogens is 2. The van der Waals surface area contributed by atoms with Crippen LogP contribution in [0.3, 0.4) is 0 Å². The maximum Gasteiger partial charge on any atom is 0.197 e. The Labute approximate surface area is 81.1 Å². The van der Waals surface area contributed by atoms with E-state index in [1.165, 1.54) is 6.92 Å². The van der Waals surface area contributed by atoms with E-state index < -0.39 is 9.84 Å². The van der Waals surface area contributed by atoms with E-state index in [-0.39, 0.29) is 22.3 Å².